The predicted octanol–water partition coefficient (Wildman–Crippen LogP) is 2.75. The summed E-state index contributed by atoms with van der Waals surface area (Å²) in [6.07, 6.45) is 5.02. The van der Waals surface area contributed by atoms with Gasteiger partial charge in [-0.3, -0.25) is 9.78 Å². The van der Waals surface area contributed by atoms with Gasteiger partial charge in [0.25, 0.3) is 0 Å². The molecule has 0 saturated heterocycles. The van der Waals surface area contributed by atoms with Gasteiger partial charge in [0.1, 0.15) is 5.65 Å². The average Bonchev–Trinajstić information content (AvgIpc) is 2.40. The van der Waals surface area contributed by atoms with Crippen molar-refractivity contribution in [1.29, 1.82) is 0 Å². The molecule has 0 aliphatic heterocycles. The summed E-state index contributed by atoms with van der Waals surface area (Å²) in [6, 6.07) is 7.03. The van der Waals surface area contributed by atoms with Gasteiger partial charge in [0.05, 0.1) is 11.1 Å². The number of aromatic amines is 1. The van der Waals surface area contributed by atoms with Gasteiger partial charge in [0.2, 0.25) is 0 Å². The van der Waals surface area contributed by atoms with Crippen molar-refractivity contribution in [3.63, 3.8) is 0 Å². The normalized spacial score (nSPS) is 10.7. The molecule has 0 bridgehead atoms. The molecule has 3 heterocycles. The summed E-state index contributed by atoms with van der Waals surface area (Å²) in [6.45, 7) is 0. The van der Waals surface area contributed by atoms with Crippen LogP contribution in [0.25, 0.3) is 22.3 Å². The van der Waals surface area contributed by atoms with Crippen LogP contribution in [-0.2, 0) is 0 Å². The average molecular weight is 302 g/mol. The number of nitrogens with zero attached hydrogens (tertiary/aromatic N) is 2. The standard InChI is InChI=1S/C13H8BrN3O/c14-10-7-9-11(18)3-6-16-13(9)17-12(10)8-1-4-15-5-2-8/h1-7H,(H,16,17,18). The maximum Gasteiger partial charge on any atom is 0.191 e. The highest BCUT2D eigenvalue weighted by molar-refractivity contribution is 9.10. The lowest BCUT2D eigenvalue weighted by Crippen LogP contribution is -2.02. The molecule has 1 N–H and O–H groups in total. The molecule has 0 fully saturated rings. The van der Waals surface area contributed by atoms with Gasteiger partial charge in [-0.05, 0) is 34.1 Å². The molecule has 3 aromatic heterocycles. The van der Waals surface area contributed by atoms with E-state index in [-0.39, 0.29) is 5.43 Å². The van der Waals surface area contributed by atoms with Crippen molar-refractivity contribution in [2.75, 3.05) is 0 Å². The molecule has 3 aromatic rings. The van der Waals surface area contributed by atoms with E-state index in [1.54, 1.807) is 24.7 Å². The number of hydrogen-bond donors (Lipinski definition) is 1. The molecular formula is C13H8BrN3O. The molecule has 88 valence electrons. The van der Waals surface area contributed by atoms with E-state index in [9.17, 15) is 4.79 Å². The van der Waals surface area contributed by atoms with Crippen LogP contribution in [0.3, 0.4) is 0 Å². The van der Waals surface area contributed by atoms with Crippen molar-refractivity contribution in [1.82, 2.24) is 15.0 Å². The molecule has 3 rings (SSSR count). The van der Waals surface area contributed by atoms with E-state index in [1.807, 2.05) is 12.1 Å². The first-order valence-electron chi connectivity index (χ1n) is 5.34. The summed E-state index contributed by atoms with van der Waals surface area (Å²) in [5, 5.41) is 0.571. The minimum atomic E-state index is -0.0433. The molecule has 0 saturated carbocycles. The summed E-state index contributed by atoms with van der Waals surface area (Å²) in [4.78, 5) is 23.1. The van der Waals surface area contributed by atoms with Gasteiger partial charge in [-0.1, -0.05) is 0 Å². The number of hydrogen-bond acceptors (Lipinski definition) is 3. The predicted molar refractivity (Wildman–Crippen MR) is 73.3 cm³/mol. The fourth-order valence-corrected chi connectivity index (χ4v) is 2.33. The van der Waals surface area contributed by atoms with Gasteiger partial charge in [0.15, 0.2) is 5.43 Å². The Morgan fingerprint density at radius 2 is 1.94 bits per heavy atom. The highest BCUT2D eigenvalue weighted by atomic mass is 79.9. The summed E-state index contributed by atoms with van der Waals surface area (Å²) in [7, 11) is 0. The molecule has 0 spiro atoms. The molecular weight excluding hydrogens is 294 g/mol. The third-order valence-electron chi connectivity index (χ3n) is 2.65. The van der Waals surface area contributed by atoms with Crippen molar-refractivity contribution in [2.24, 2.45) is 0 Å². The van der Waals surface area contributed by atoms with Crippen molar-refractivity contribution >= 4 is 27.0 Å². The number of rotatable bonds is 1. The number of aromatic nitrogens is 3. The topological polar surface area (TPSA) is 58.6 Å². The highest BCUT2D eigenvalue weighted by Crippen LogP contribution is 2.27. The Morgan fingerprint density at radius 1 is 1.17 bits per heavy atom. The Bertz CT molecular complexity index is 768. The minimum absolute atomic E-state index is 0.0433. The molecule has 0 aromatic carbocycles. The van der Waals surface area contributed by atoms with Crippen LogP contribution in [0.2, 0.25) is 0 Å². The number of nitrogens with one attached hydrogen (secondary N) is 1. The third kappa shape index (κ3) is 1.82. The molecule has 5 heteroatoms. The summed E-state index contributed by atoms with van der Waals surface area (Å²) >= 11 is 3.45. The van der Waals surface area contributed by atoms with Gasteiger partial charge in [-0.2, -0.15) is 0 Å². The third-order valence-corrected chi connectivity index (χ3v) is 3.25. The first-order chi connectivity index (χ1) is 8.75. The molecule has 0 unspecified atom stereocenters. The summed E-state index contributed by atoms with van der Waals surface area (Å²) in [5.74, 6) is 0. The van der Waals surface area contributed by atoms with Gasteiger partial charge in [-0.15, -0.1) is 0 Å². The van der Waals surface area contributed by atoms with Crippen LogP contribution < -0.4 is 5.43 Å². The number of pyridine rings is 3. The zero-order chi connectivity index (χ0) is 12.5. The van der Waals surface area contributed by atoms with E-state index in [4.69, 9.17) is 0 Å². The summed E-state index contributed by atoms with van der Waals surface area (Å²) in [5.41, 5.74) is 2.27. The van der Waals surface area contributed by atoms with Crippen LogP contribution in [0.4, 0.5) is 0 Å². The lowest BCUT2D eigenvalue weighted by atomic mass is 10.1. The van der Waals surface area contributed by atoms with E-state index in [0.29, 0.717) is 11.0 Å². The lowest BCUT2D eigenvalue weighted by Gasteiger charge is -2.05. The molecule has 0 atom stereocenters. The quantitative estimate of drug-likeness (QED) is 0.752. The zero-order valence-corrected chi connectivity index (χ0v) is 10.8. The number of fused-ring (bicyclic) bond motifs is 1. The molecule has 0 amide bonds. The van der Waals surface area contributed by atoms with Crippen molar-refractivity contribution in [3.05, 3.63) is 57.6 Å². The highest BCUT2D eigenvalue weighted by Gasteiger charge is 2.08. The Hall–Kier alpha value is -2.01. The monoisotopic (exact) mass is 301 g/mol. The minimum Gasteiger partial charge on any atom is -0.346 e. The maximum absolute atomic E-state index is 11.7. The smallest absolute Gasteiger partial charge is 0.191 e. The van der Waals surface area contributed by atoms with E-state index >= 15 is 0 Å². The van der Waals surface area contributed by atoms with Crippen LogP contribution in [0.1, 0.15) is 0 Å². The van der Waals surface area contributed by atoms with Crippen molar-refractivity contribution in [2.45, 2.75) is 0 Å². The van der Waals surface area contributed by atoms with E-state index in [2.05, 4.69) is 30.9 Å². The fourth-order valence-electron chi connectivity index (χ4n) is 1.79. The molecule has 0 aliphatic carbocycles. The molecule has 4 nitrogen and oxygen atoms in total. The van der Waals surface area contributed by atoms with Gasteiger partial charge in [-0.25, -0.2) is 4.98 Å². The second kappa shape index (κ2) is 4.34. The Balaban J connectivity index is 2.33. The van der Waals surface area contributed by atoms with E-state index in [0.717, 1.165) is 15.7 Å². The maximum atomic E-state index is 11.7. The van der Waals surface area contributed by atoms with Gasteiger partial charge in [0, 0.05) is 34.7 Å². The van der Waals surface area contributed by atoms with Crippen molar-refractivity contribution < 1.29 is 0 Å². The molecule has 0 radical (unpaired) electrons. The second-order valence-corrected chi connectivity index (χ2v) is 4.65. The van der Waals surface area contributed by atoms with Crippen LogP contribution in [0.5, 0.6) is 0 Å². The van der Waals surface area contributed by atoms with Gasteiger partial charge >= 0.3 is 0 Å². The van der Waals surface area contributed by atoms with Gasteiger partial charge < -0.3 is 4.98 Å². The molecule has 0 aliphatic rings. The lowest BCUT2D eigenvalue weighted by molar-refractivity contribution is 1.26. The Labute approximate surface area is 111 Å². The van der Waals surface area contributed by atoms with Crippen LogP contribution >= 0.6 is 15.9 Å². The Morgan fingerprint density at radius 3 is 2.72 bits per heavy atom. The largest absolute Gasteiger partial charge is 0.346 e. The van der Waals surface area contributed by atoms with Crippen LogP contribution in [-0.4, -0.2) is 15.0 Å². The van der Waals surface area contributed by atoms with E-state index < -0.39 is 0 Å². The first kappa shape index (κ1) is 11.1. The Kier molecular flexibility index (Phi) is 2.68. The van der Waals surface area contributed by atoms with Crippen LogP contribution in [0, 0.1) is 0 Å². The second-order valence-electron chi connectivity index (χ2n) is 3.79. The number of H-pyrrole nitrogens is 1. The van der Waals surface area contributed by atoms with Crippen molar-refractivity contribution in [3.8, 4) is 11.3 Å². The fraction of sp³-hybridized carbons (Fsp3) is 0. The van der Waals surface area contributed by atoms with Crippen LogP contribution in [0.15, 0.2) is 52.1 Å². The first-order valence-corrected chi connectivity index (χ1v) is 6.13. The zero-order valence-electron chi connectivity index (χ0n) is 9.22. The van der Waals surface area contributed by atoms with E-state index in [1.165, 1.54) is 6.07 Å². The SMILES string of the molecule is O=c1cc[nH]c2nc(-c3ccncc3)c(Br)cc12. The molecule has 18 heavy (non-hydrogen) atoms. The summed E-state index contributed by atoms with van der Waals surface area (Å²) < 4.78 is 0.790. The number of halogens is 1.